The first-order valence-electron chi connectivity index (χ1n) is 3.51. The third-order valence-electron chi connectivity index (χ3n) is 1.64. The molecule has 2 aromatic rings. The van der Waals surface area contributed by atoms with Crippen molar-refractivity contribution in [3.8, 4) is 6.07 Å². The number of hydrogen-bond acceptors (Lipinski definition) is 3. The highest BCUT2D eigenvalue weighted by molar-refractivity contribution is 5.85. The van der Waals surface area contributed by atoms with Crippen LogP contribution in [0.1, 0.15) is 5.56 Å². The number of halogens is 1. The van der Waals surface area contributed by atoms with Gasteiger partial charge in [-0.05, 0) is 18.2 Å². The van der Waals surface area contributed by atoms with Gasteiger partial charge in [0.05, 0.1) is 11.6 Å². The highest BCUT2D eigenvalue weighted by Crippen LogP contribution is 2.11. The summed E-state index contributed by atoms with van der Waals surface area (Å²) in [7, 11) is 0. The van der Waals surface area contributed by atoms with Gasteiger partial charge in [-0.2, -0.15) is 5.26 Å². The van der Waals surface area contributed by atoms with Crippen LogP contribution in [-0.2, 0) is 0 Å². The van der Waals surface area contributed by atoms with Gasteiger partial charge in [-0.1, -0.05) is 0 Å². The quantitative estimate of drug-likeness (QED) is 0.639. The molecule has 2 rings (SSSR count). The zero-order valence-electron chi connectivity index (χ0n) is 6.64. The maximum absolute atomic E-state index is 8.73. The van der Waals surface area contributed by atoms with Crippen molar-refractivity contribution in [1.29, 1.82) is 5.26 Å². The maximum Gasteiger partial charge on any atom is 0.160 e. The average molecular weight is 192 g/mol. The van der Waals surface area contributed by atoms with E-state index < -0.39 is 0 Å². The second-order valence-electron chi connectivity index (χ2n) is 2.34. The molecule has 0 aliphatic heterocycles. The fraction of sp³-hybridized carbons (Fsp3) is 0. The second-order valence-corrected chi connectivity index (χ2v) is 2.34. The number of hydrogen-bond donors (Lipinski definition) is 0. The largest absolute Gasteiger partial charge is 0.237 e. The van der Waals surface area contributed by atoms with Crippen LogP contribution < -0.4 is 0 Å². The van der Waals surface area contributed by atoms with E-state index in [0.29, 0.717) is 11.2 Å². The molecule has 0 saturated carbocycles. The van der Waals surface area contributed by atoms with E-state index in [1.54, 1.807) is 24.5 Å². The molecule has 0 spiro atoms. The Kier molecular flexibility index (Phi) is 2.78. The van der Waals surface area contributed by atoms with Gasteiger partial charge in [0.1, 0.15) is 0 Å². The first-order chi connectivity index (χ1) is 5.92. The van der Waals surface area contributed by atoms with Crippen LogP contribution >= 0.6 is 12.4 Å². The minimum Gasteiger partial charge on any atom is -0.237 e. The summed E-state index contributed by atoms with van der Waals surface area (Å²) in [6, 6.07) is 7.41. The Morgan fingerprint density at radius 3 is 2.69 bits per heavy atom. The standard InChI is InChI=1S/C9H5N3.ClH/c10-6-7-3-5-12-9-8(7)2-1-4-11-9;/h1-5H;1H. The van der Waals surface area contributed by atoms with Gasteiger partial charge < -0.3 is 0 Å². The molecule has 0 aliphatic rings. The summed E-state index contributed by atoms with van der Waals surface area (Å²) < 4.78 is 0. The number of nitrogens with zero attached hydrogens (tertiary/aromatic N) is 3. The summed E-state index contributed by atoms with van der Waals surface area (Å²) in [5.41, 5.74) is 1.24. The van der Waals surface area contributed by atoms with Crippen LogP contribution in [0.5, 0.6) is 0 Å². The van der Waals surface area contributed by atoms with E-state index in [1.807, 2.05) is 6.07 Å². The van der Waals surface area contributed by atoms with Gasteiger partial charge in [0.15, 0.2) is 5.65 Å². The Labute approximate surface area is 81.5 Å². The minimum atomic E-state index is 0. The van der Waals surface area contributed by atoms with Crippen LogP contribution in [0.4, 0.5) is 0 Å². The SMILES string of the molecule is Cl.N#Cc1ccnc2ncccc12. The van der Waals surface area contributed by atoms with Crippen molar-refractivity contribution in [3.05, 3.63) is 36.2 Å². The van der Waals surface area contributed by atoms with Gasteiger partial charge in [-0.3, -0.25) is 0 Å². The molecule has 13 heavy (non-hydrogen) atoms. The lowest BCUT2D eigenvalue weighted by Gasteiger charge is -1.95. The van der Waals surface area contributed by atoms with Gasteiger partial charge in [0.2, 0.25) is 0 Å². The average Bonchev–Trinajstić information content (AvgIpc) is 2.17. The van der Waals surface area contributed by atoms with E-state index >= 15 is 0 Å². The van der Waals surface area contributed by atoms with Crippen molar-refractivity contribution >= 4 is 23.4 Å². The Bertz CT molecular complexity index is 456. The number of pyridine rings is 2. The number of rotatable bonds is 0. The molecule has 0 aromatic carbocycles. The molecule has 0 N–H and O–H groups in total. The van der Waals surface area contributed by atoms with E-state index in [4.69, 9.17) is 5.26 Å². The van der Waals surface area contributed by atoms with Crippen LogP contribution in [-0.4, -0.2) is 9.97 Å². The highest BCUT2D eigenvalue weighted by atomic mass is 35.5. The molecule has 3 nitrogen and oxygen atoms in total. The predicted molar refractivity (Wildman–Crippen MR) is 51.5 cm³/mol. The van der Waals surface area contributed by atoms with Crippen molar-refractivity contribution in [3.63, 3.8) is 0 Å². The molecule has 0 atom stereocenters. The summed E-state index contributed by atoms with van der Waals surface area (Å²) in [6.45, 7) is 0. The summed E-state index contributed by atoms with van der Waals surface area (Å²) in [4.78, 5) is 8.06. The van der Waals surface area contributed by atoms with Crippen molar-refractivity contribution < 1.29 is 0 Å². The smallest absolute Gasteiger partial charge is 0.160 e. The lowest BCUT2D eigenvalue weighted by Crippen LogP contribution is -1.84. The lowest BCUT2D eigenvalue weighted by molar-refractivity contribution is 1.28. The molecule has 0 aliphatic carbocycles. The normalized spacial score (nSPS) is 8.85. The molecular formula is C9H6ClN3. The zero-order chi connectivity index (χ0) is 8.39. The van der Waals surface area contributed by atoms with Crippen molar-refractivity contribution in [1.82, 2.24) is 9.97 Å². The molecule has 0 saturated heterocycles. The number of nitriles is 1. The topological polar surface area (TPSA) is 49.6 Å². The van der Waals surface area contributed by atoms with E-state index in [0.717, 1.165) is 5.39 Å². The van der Waals surface area contributed by atoms with Crippen LogP contribution in [0, 0.1) is 11.3 Å². The molecule has 0 amide bonds. The van der Waals surface area contributed by atoms with Crippen molar-refractivity contribution in [2.75, 3.05) is 0 Å². The summed E-state index contributed by atoms with van der Waals surface area (Å²) in [5.74, 6) is 0. The maximum atomic E-state index is 8.73. The molecule has 2 aromatic heterocycles. The highest BCUT2D eigenvalue weighted by Gasteiger charge is 1.98. The summed E-state index contributed by atoms with van der Waals surface area (Å²) >= 11 is 0. The first-order valence-corrected chi connectivity index (χ1v) is 3.51. The van der Waals surface area contributed by atoms with Gasteiger partial charge >= 0.3 is 0 Å². The third-order valence-corrected chi connectivity index (χ3v) is 1.64. The van der Waals surface area contributed by atoms with Crippen molar-refractivity contribution in [2.24, 2.45) is 0 Å². The second kappa shape index (κ2) is 3.83. The Balaban J connectivity index is 0.000000845. The van der Waals surface area contributed by atoms with E-state index in [2.05, 4.69) is 16.0 Å². The molecule has 64 valence electrons. The molecule has 0 bridgehead atoms. The Morgan fingerprint density at radius 2 is 1.92 bits per heavy atom. The minimum absolute atomic E-state index is 0. The molecule has 4 heteroatoms. The van der Waals surface area contributed by atoms with Gasteiger partial charge in [0.25, 0.3) is 0 Å². The summed E-state index contributed by atoms with van der Waals surface area (Å²) in [5, 5.41) is 9.54. The van der Waals surface area contributed by atoms with Crippen LogP contribution in [0.25, 0.3) is 11.0 Å². The molecule has 0 radical (unpaired) electrons. The van der Waals surface area contributed by atoms with Crippen LogP contribution in [0.3, 0.4) is 0 Å². The van der Waals surface area contributed by atoms with Gasteiger partial charge in [0, 0.05) is 17.8 Å². The van der Waals surface area contributed by atoms with E-state index in [-0.39, 0.29) is 12.4 Å². The Morgan fingerprint density at radius 1 is 1.15 bits per heavy atom. The van der Waals surface area contributed by atoms with Gasteiger partial charge in [-0.25, -0.2) is 9.97 Å². The van der Waals surface area contributed by atoms with E-state index in [9.17, 15) is 0 Å². The predicted octanol–water partition coefficient (Wildman–Crippen LogP) is 1.92. The van der Waals surface area contributed by atoms with Crippen LogP contribution in [0.2, 0.25) is 0 Å². The van der Waals surface area contributed by atoms with Crippen molar-refractivity contribution in [2.45, 2.75) is 0 Å². The fourth-order valence-electron chi connectivity index (χ4n) is 1.08. The van der Waals surface area contributed by atoms with Gasteiger partial charge in [-0.15, -0.1) is 12.4 Å². The monoisotopic (exact) mass is 191 g/mol. The molecule has 2 heterocycles. The third kappa shape index (κ3) is 1.58. The number of fused-ring (bicyclic) bond motifs is 1. The molecule has 0 unspecified atom stereocenters. The van der Waals surface area contributed by atoms with E-state index in [1.165, 1.54) is 0 Å². The molecule has 0 fully saturated rings. The Hall–Kier alpha value is -1.66. The molecular weight excluding hydrogens is 186 g/mol. The lowest BCUT2D eigenvalue weighted by atomic mass is 10.2. The van der Waals surface area contributed by atoms with Crippen LogP contribution in [0.15, 0.2) is 30.6 Å². The first kappa shape index (κ1) is 9.43. The zero-order valence-corrected chi connectivity index (χ0v) is 7.45. The fourth-order valence-corrected chi connectivity index (χ4v) is 1.08. The summed E-state index contributed by atoms with van der Waals surface area (Å²) in [6.07, 6.45) is 3.25. The number of aromatic nitrogens is 2.